The van der Waals surface area contributed by atoms with Crippen LogP contribution < -0.4 is 0 Å². The largest absolute Gasteiger partial charge is 0.433 e. The van der Waals surface area contributed by atoms with E-state index in [1.54, 1.807) is 6.08 Å². The second-order valence-corrected chi connectivity index (χ2v) is 6.96. The molecule has 1 fully saturated rings. The van der Waals surface area contributed by atoms with Crippen LogP contribution in [0.15, 0.2) is 42.5 Å². The average molecular weight is 300 g/mol. The lowest BCUT2D eigenvalue weighted by molar-refractivity contribution is -0.160. The Bertz CT molecular complexity index is 626. The van der Waals surface area contributed by atoms with Crippen LogP contribution in [0.3, 0.4) is 0 Å². The smallest absolute Gasteiger partial charge is 0.346 e. The van der Waals surface area contributed by atoms with Crippen LogP contribution in [-0.2, 0) is 24.7 Å². The average Bonchev–Trinajstić information content (AvgIpc) is 3.04. The van der Waals surface area contributed by atoms with E-state index in [1.807, 2.05) is 51.1 Å². The second kappa shape index (κ2) is 5.06. The molecule has 1 aliphatic carbocycles. The zero-order valence-electron chi connectivity index (χ0n) is 13.0. The first-order valence-corrected chi connectivity index (χ1v) is 7.49. The molecule has 0 unspecified atom stereocenters. The summed E-state index contributed by atoms with van der Waals surface area (Å²) in [4.78, 5) is 24.4. The molecule has 2 aliphatic rings. The lowest BCUT2D eigenvalue weighted by atomic mass is 9.80. The van der Waals surface area contributed by atoms with Crippen LogP contribution in [0.4, 0.5) is 0 Å². The van der Waals surface area contributed by atoms with Gasteiger partial charge in [0.15, 0.2) is 5.78 Å². The number of esters is 1. The van der Waals surface area contributed by atoms with Crippen molar-refractivity contribution in [2.24, 2.45) is 11.3 Å². The summed E-state index contributed by atoms with van der Waals surface area (Å²) in [7, 11) is 0. The molecule has 0 amide bonds. The van der Waals surface area contributed by atoms with Crippen LogP contribution >= 0.6 is 0 Å². The minimum absolute atomic E-state index is 0.0101. The number of allylic oxidation sites excluding steroid dienone is 1. The zero-order chi connectivity index (χ0) is 16.0. The van der Waals surface area contributed by atoms with E-state index in [4.69, 9.17) is 9.47 Å². The Balaban J connectivity index is 2.07. The van der Waals surface area contributed by atoms with Crippen molar-refractivity contribution in [1.82, 2.24) is 0 Å². The van der Waals surface area contributed by atoms with Crippen molar-refractivity contribution >= 4 is 11.8 Å². The zero-order valence-corrected chi connectivity index (χ0v) is 13.0. The van der Waals surface area contributed by atoms with Gasteiger partial charge in [0.05, 0.1) is 0 Å². The summed E-state index contributed by atoms with van der Waals surface area (Å²) in [5, 5.41) is 0. The number of ether oxygens (including phenoxy) is 2. The van der Waals surface area contributed by atoms with Gasteiger partial charge in [-0.1, -0.05) is 57.2 Å². The first-order chi connectivity index (χ1) is 10.3. The molecule has 3 atom stereocenters. The van der Waals surface area contributed by atoms with Gasteiger partial charge in [-0.3, -0.25) is 4.79 Å². The normalized spacial score (nSPS) is 31.6. The molecule has 0 saturated carbocycles. The molecule has 1 aromatic carbocycles. The minimum Gasteiger partial charge on any atom is -0.433 e. The lowest BCUT2D eigenvalue weighted by Crippen LogP contribution is -2.41. The Morgan fingerprint density at radius 2 is 1.82 bits per heavy atom. The van der Waals surface area contributed by atoms with Crippen molar-refractivity contribution in [3.8, 4) is 0 Å². The van der Waals surface area contributed by atoms with Gasteiger partial charge in [-0.05, 0) is 11.6 Å². The number of hydrogen-bond acceptors (Lipinski definition) is 4. The molecule has 1 heterocycles. The third-order valence-corrected chi connectivity index (χ3v) is 4.18. The number of benzene rings is 1. The maximum absolute atomic E-state index is 12.8. The molecule has 3 rings (SSSR count). The number of cyclic esters (lactones) is 1. The van der Waals surface area contributed by atoms with E-state index in [2.05, 4.69) is 0 Å². The van der Waals surface area contributed by atoms with Crippen LogP contribution in [0.25, 0.3) is 0 Å². The molecule has 116 valence electrons. The fraction of sp³-hybridized carbons (Fsp3) is 0.444. The van der Waals surface area contributed by atoms with Gasteiger partial charge in [-0.25, -0.2) is 4.79 Å². The summed E-state index contributed by atoms with van der Waals surface area (Å²) in [5.41, 5.74) is -0.837. The van der Waals surface area contributed by atoms with Gasteiger partial charge in [0.2, 0.25) is 11.9 Å². The molecular weight excluding hydrogens is 280 g/mol. The molecule has 4 heteroatoms. The van der Waals surface area contributed by atoms with E-state index >= 15 is 0 Å². The monoisotopic (exact) mass is 300 g/mol. The standard InChI is InChI=1S/C18H20O4/c1-17(2,3)16-21-15(20)18(22-16,12-7-5-4-6-8-12)13-9-10-14(19)11-13/h4-10,13,16H,11H2,1-3H3/t13-,16+,18+/m1/s1. The van der Waals surface area contributed by atoms with Gasteiger partial charge < -0.3 is 9.47 Å². The third-order valence-electron chi connectivity index (χ3n) is 4.18. The van der Waals surface area contributed by atoms with Crippen LogP contribution in [0.5, 0.6) is 0 Å². The van der Waals surface area contributed by atoms with E-state index in [0.717, 1.165) is 5.56 Å². The van der Waals surface area contributed by atoms with Gasteiger partial charge >= 0.3 is 5.97 Å². The fourth-order valence-corrected chi connectivity index (χ4v) is 2.96. The molecule has 0 bridgehead atoms. The van der Waals surface area contributed by atoms with E-state index < -0.39 is 17.9 Å². The van der Waals surface area contributed by atoms with Crippen LogP contribution in [-0.4, -0.2) is 18.0 Å². The van der Waals surface area contributed by atoms with Crippen LogP contribution in [0.2, 0.25) is 0 Å². The Hall–Kier alpha value is -1.94. The first-order valence-electron chi connectivity index (χ1n) is 7.49. The molecule has 0 radical (unpaired) electrons. The van der Waals surface area contributed by atoms with Gasteiger partial charge in [0.1, 0.15) is 0 Å². The Kier molecular flexibility index (Phi) is 3.44. The number of ketones is 1. The van der Waals surface area contributed by atoms with Gasteiger partial charge in [0, 0.05) is 17.8 Å². The molecular formula is C18H20O4. The first kappa shape index (κ1) is 15.0. The number of rotatable bonds is 2. The summed E-state index contributed by atoms with van der Waals surface area (Å²) < 4.78 is 11.7. The second-order valence-electron chi connectivity index (χ2n) is 6.96. The van der Waals surface area contributed by atoms with Crippen LogP contribution in [0.1, 0.15) is 32.8 Å². The topological polar surface area (TPSA) is 52.6 Å². The molecule has 1 aromatic rings. The van der Waals surface area contributed by atoms with Crippen molar-refractivity contribution in [2.45, 2.75) is 39.1 Å². The highest BCUT2D eigenvalue weighted by molar-refractivity contribution is 5.94. The fourth-order valence-electron chi connectivity index (χ4n) is 2.96. The molecule has 1 aliphatic heterocycles. The molecule has 22 heavy (non-hydrogen) atoms. The van der Waals surface area contributed by atoms with Crippen LogP contribution in [0, 0.1) is 11.3 Å². The van der Waals surface area contributed by atoms with Crippen molar-refractivity contribution < 1.29 is 19.1 Å². The molecule has 1 saturated heterocycles. The van der Waals surface area contributed by atoms with Crippen molar-refractivity contribution in [2.75, 3.05) is 0 Å². The highest BCUT2D eigenvalue weighted by Gasteiger charge is 2.59. The Morgan fingerprint density at radius 3 is 2.32 bits per heavy atom. The van der Waals surface area contributed by atoms with Crippen molar-refractivity contribution in [1.29, 1.82) is 0 Å². The van der Waals surface area contributed by atoms with Gasteiger partial charge in [-0.15, -0.1) is 0 Å². The van der Waals surface area contributed by atoms with E-state index in [1.165, 1.54) is 6.08 Å². The molecule has 0 spiro atoms. The maximum Gasteiger partial charge on any atom is 0.346 e. The third kappa shape index (κ3) is 2.28. The summed E-state index contributed by atoms with van der Waals surface area (Å²) in [5.74, 6) is -0.735. The number of hydrogen-bond donors (Lipinski definition) is 0. The summed E-state index contributed by atoms with van der Waals surface area (Å²) in [6.45, 7) is 5.88. The Morgan fingerprint density at radius 1 is 1.14 bits per heavy atom. The molecule has 4 nitrogen and oxygen atoms in total. The predicted molar refractivity (Wildman–Crippen MR) is 80.8 cm³/mol. The van der Waals surface area contributed by atoms with Gasteiger partial charge in [0.25, 0.3) is 0 Å². The highest BCUT2D eigenvalue weighted by Crippen LogP contribution is 2.48. The number of carbonyl (C=O) groups excluding carboxylic acids is 2. The van der Waals surface area contributed by atoms with E-state index in [-0.39, 0.29) is 23.5 Å². The van der Waals surface area contributed by atoms with E-state index in [9.17, 15) is 9.59 Å². The summed E-state index contributed by atoms with van der Waals surface area (Å²) in [6.07, 6.45) is 2.92. The molecule has 0 aromatic heterocycles. The van der Waals surface area contributed by atoms with E-state index in [0.29, 0.717) is 0 Å². The Labute approximate surface area is 130 Å². The minimum atomic E-state index is -1.23. The number of carbonyl (C=O) groups is 2. The highest BCUT2D eigenvalue weighted by atomic mass is 16.8. The summed E-state index contributed by atoms with van der Waals surface area (Å²) in [6, 6.07) is 9.30. The van der Waals surface area contributed by atoms with Gasteiger partial charge in [-0.2, -0.15) is 0 Å². The quantitative estimate of drug-likeness (QED) is 0.788. The lowest BCUT2D eigenvalue weighted by Gasteiger charge is -2.32. The SMILES string of the molecule is CC(C)(C)[C@H]1OC(=O)[C@](c2ccccc2)([C@@H]2C=CC(=O)C2)O1. The predicted octanol–water partition coefficient (Wildman–Crippen LogP) is 2.97. The molecule has 0 N–H and O–H groups in total. The van der Waals surface area contributed by atoms with Crippen molar-refractivity contribution in [3.63, 3.8) is 0 Å². The maximum atomic E-state index is 12.8. The van der Waals surface area contributed by atoms with Crippen molar-refractivity contribution in [3.05, 3.63) is 48.0 Å². The summed E-state index contributed by atoms with van der Waals surface area (Å²) >= 11 is 0.